The number of nitrogens with two attached hydrogens (primary N) is 1. The Kier molecular flexibility index (Phi) is 4.07. The highest BCUT2D eigenvalue weighted by Crippen LogP contribution is 2.18. The fourth-order valence-electron chi connectivity index (χ4n) is 1.86. The first-order valence-corrected chi connectivity index (χ1v) is 5.59. The molecule has 4 N–H and O–H groups in total. The maximum Gasteiger partial charge on any atom is 0.268 e. The van der Waals surface area contributed by atoms with Crippen LogP contribution < -0.4 is 11.1 Å². The van der Waals surface area contributed by atoms with Gasteiger partial charge in [-0.25, -0.2) is 0 Å². The van der Waals surface area contributed by atoms with E-state index in [0.717, 1.165) is 5.69 Å². The van der Waals surface area contributed by atoms with Crippen molar-refractivity contribution in [3.63, 3.8) is 0 Å². The van der Waals surface area contributed by atoms with E-state index in [-0.39, 0.29) is 17.7 Å². The van der Waals surface area contributed by atoms with Gasteiger partial charge in [0.15, 0.2) is 5.78 Å². The van der Waals surface area contributed by atoms with Gasteiger partial charge < -0.3 is 16.0 Å². The van der Waals surface area contributed by atoms with E-state index >= 15 is 0 Å². The number of hydrogen-bond acceptors (Lipinski definition) is 3. The normalized spacial score (nSPS) is 12.3. The Balaban J connectivity index is 3.04. The van der Waals surface area contributed by atoms with Crippen LogP contribution in [-0.4, -0.2) is 29.3 Å². The Morgan fingerprint density at radius 1 is 1.41 bits per heavy atom. The Labute approximate surface area is 101 Å². The summed E-state index contributed by atoms with van der Waals surface area (Å²) in [5.74, 6) is -0.266. The maximum absolute atomic E-state index is 11.9. The zero-order valence-corrected chi connectivity index (χ0v) is 10.7. The number of hydrogen-bond donors (Lipinski definition) is 3. The number of amides is 1. The number of Topliss-reactive ketones (excluding diaryl/α,β-unsaturated/α-hetero) is 1. The molecular formula is C12H19N3O2. The molecule has 1 aromatic heterocycles. The lowest BCUT2D eigenvalue weighted by Gasteiger charge is -2.10. The molecule has 1 amide bonds. The number of aryl methyl sites for hydroxylation is 1. The first-order valence-electron chi connectivity index (χ1n) is 5.59. The second-order valence-electron chi connectivity index (χ2n) is 4.29. The molecule has 1 rings (SSSR count). The third-order valence-electron chi connectivity index (χ3n) is 2.75. The van der Waals surface area contributed by atoms with Gasteiger partial charge in [0.25, 0.3) is 5.91 Å². The highest BCUT2D eigenvalue weighted by atomic mass is 16.2. The molecule has 0 aromatic carbocycles. The van der Waals surface area contributed by atoms with Gasteiger partial charge in [-0.1, -0.05) is 0 Å². The Morgan fingerprint density at radius 2 is 2.00 bits per heavy atom. The fraction of sp³-hybridized carbons (Fsp3) is 0.500. The zero-order valence-electron chi connectivity index (χ0n) is 10.7. The van der Waals surface area contributed by atoms with Crippen LogP contribution >= 0.6 is 0 Å². The average Bonchev–Trinajstić information content (AvgIpc) is 2.53. The Bertz CT molecular complexity index is 449. The number of ketones is 1. The van der Waals surface area contributed by atoms with Gasteiger partial charge in [0.1, 0.15) is 5.69 Å². The summed E-state index contributed by atoms with van der Waals surface area (Å²) in [5, 5.41) is 2.76. The van der Waals surface area contributed by atoms with Gasteiger partial charge in [-0.2, -0.15) is 0 Å². The molecule has 0 saturated carbocycles. The summed E-state index contributed by atoms with van der Waals surface area (Å²) in [6.45, 7) is 7.25. The van der Waals surface area contributed by atoms with Crippen molar-refractivity contribution >= 4 is 11.7 Å². The van der Waals surface area contributed by atoms with Crippen LogP contribution in [0.25, 0.3) is 0 Å². The molecule has 0 spiro atoms. The Morgan fingerprint density at radius 3 is 2.41 bits per heavy atom. The predicted molar refractivity (Wildman–Crippen MR) is 66.3 cm³/mol. The molecule has 0 radical (unpaired) electrons. The van der Waals surface area contributed by atoms with E-state index in [2.05, 4.69) is 10.3 Å². The molecule has 0 fully saturated rings. The number of nitrogens with one attached hydrogen (secondary N) is 2. The molecule has 1 atom stereocenters. The minimum absolute atomic E-state index is 0.0397. The molecule has 1 aromatic rings. The van der Waals surface area contributed by atoms with E-state index in [1.165, 1.54) is 6.92 Å². The zero-order chi connectivity index (χ0) is 13.2. The molecule has 0 saturated heterocycles. The van der Waals surface area contributed by atoms with Gasteiger partial charge in [-0.15, -0.1) is 0 Å². The number of rotatable bonds is 4. The largest absolute Gasteiger partial charge is 0.354 e. The van der Waals surface area contributed by atoms with Gasteiger partial charge >= 0.3 is 0 Å². The molecule has 5 heteroatoms. The molecule has 17 heavy (non-hydrogen) atoms. The van der Waals surface area contributed by atoms with Gasteiger partial charge in [-0.3, -0.25) is 9.59 Å². The minimum atomic E-state index is -0.226. The smallest absolute Gasteiger partial charge is 0.268 e. The van der Waals surface area contributed by atoms with Gasteiger partial charge in [0.05, 0.1) is 0 Å². The molecule has 94 valence electrons. The number of aromatic nitrogens is 1. The molecule has 0 bridgehead atoms. The number of H-pyrrole nitrogens is 1. The lowest BCUT2D eigenvalue weighted by atomic mass is 10.1. The lowest BCUT2D eigenvalue weighted by Crippen LogP contribution is -2.38. The van der Waals surface area contributed by atoms with Crippen LogP contribution in [0.15, 0.2) is 0 Å². The van der Waals surface area contributed by atoms with Crippen molar-refractivity contribution in [3.05, 3.63) is 22.5 Å². The number of aromatic amines is 1. The standard InChI is InChI=1S/C12H19N3O2/c1-6(5-13)14-12(17)11-7(2)10(9(4)16)8(3)15-11/h6,15H,5,13H2,1-4H3,(H,14,17)/t6-/m0/s1. The number of carbonyl (C=O) groups excluding carboxylic acids is 2. The summed E-state index contributed by atoms with van der Waals surface area (Å²) >= 11 is 0. The van der Waals surface area contributed by atoms with E-state index in [4.69, 9.17) is 5.73 Å². The molecule has 0 aliphatic rings. The van der Waals surface area contributed by atoms with Crippen LogP contribution in [0.1, 0.15) is 46.0 Å². The van der Waals surface area contributed by atoms with Crippen LogP contribution in [0.4, 0.5) is 0 Å². The van der Waals surface area contributed by atoms with Gasteiger partial charge in [0, 0.05) is 23.8 Å². The monoisotopic (exact) mass is 237 g/mol. The van der Waals surface area contributed by atoms with Crippen LogP contribution in [0.3, 0.4) is 0 Å². The van der Waals surface area contributed by atoms with E-state index in [1.54, 1.807) is 13.8 Å². The minimum Gasteiger partial charge on any atom is -0.354 e. The summed E-state index contributed by atoms with van der Waals surface area (Å²) in [5.41, 5.74) is 7.89. The van der Waals surface area contributed by atoms with E-state index in [9.17, 15) is 9.59 Å². The molecular weight excluding hydrogens is 218 g/mol. The summed E-state index contributed by atoms with van der Waals surface area (Å²) in [7, 11) is 0. The molecule has 0 aliphatic heterocycles. The van der Waals surface area contributed by atoms with Crippen molar-refractivity contribution in [3.8, 4) is 0 Å². The van der Waals surface area contributed by atoms with E-state index in [1.807, 2.05) is 6.92 Å². The van der Waals surface area contributed by atoms with Gasteiger partial charge in [0.2, 0.25) is 0 Å². The van der Waals surface area contributed by atoms with Crippen LogP contribution in [0, 0.1) is 13.8 Å². The Hall–Kier alpha value is -1.62. The SMILES string of the molecule is CC(=O)c1c(C)[nH]c(C(=O)N[C@@H](C)CN)c1C. The van der Waals surface area contributed by atoms with Crippen molar-refractivity contribution in [2.75, 3.05) is 6.54 Å². The van der Waals surface area contributed by atoms with Crippen molar-refractivity contribution in [2.45, 2.75) is 33.7 Å². The first-order chi connectivity index (χ1) is 7.88. The topological polar surface area (TPSA) is 88.0 Å². The van der Waals surface area contributed by atoms with Crippen LogP contribution in [-0.2, 0) is 0 Å². The summed E-state index contributed by atoms with van der Waals surface area (Å²) in [6, 6.07) is -0.0914. The maximum atomic E-state index is 11.9. The third kappa shape index (κ3) is 2.74. The predicted octanol–water partition coefficient (Wildman–Crippen LogP) is 0.911. The average molecular weight is 237 g/mol. The van der Waals surface area contributed by atoms with Gasteiger partial charge in [-0.05, 0) is 33.3 Å². The first kappa shape index (κ1) is 13.4. The van der Waals surface area contributed by atoms with E-state index in [0.29, 0.717) is 23.4 Å². The van der Waals surface area contributed by atoms with Crippen molar-refractivity contribution in [1.29, 1.82) is 0 Å². The van der Waals surface area contributed by atoms with Crippen molar-refractivity contribution in [2.24, 2.45) is 5.73 Å². The molecule has 0 aliphatic carbocycles. The van der Waals surface area contributed by atoms with Crippen LogP contribution in [0.2, 0.25) is 0 Å². The highest BCUT2D eigenvalue weighted by Gasteiger charge is 2.20. The second-order valence-corrected chi connectivity index (χ2v) is 4.29. The van der Waals surface area contributed by atoms with E-state index < -0.39 is 0 Å². The fourth-order valence-corrected chi connectivity index (χ4v) is 1.86. The summed E-state index contributed by atoms with van der Waals surface area (Å²) < 4.78 is 0. The summed E-state index contributed by atoms with van der Waals surface area (Å²) in [6.07, 6.45) is 0. The molecule has 1 heterocycles. The summed E-state index contributed by atoms with van der Waals surface area (Å²) in [4.78, 5) is 26.3. The molecule has 0 unspecified atom stereocenters. The third-order valence-corrected chi connectivity index (χ3v) is 2.75. The van der Waals surface area contributed by atoms with Crippen LogP contribution in [0.5, 0.6) is 0 Å². The number of carbonyl (C=O) groups is 2. The highest BCUT2D eigenvalue weighted by molar-refractivity contribution is 6.02. The second kappa shape index (κ2) is 5.14. The lowest BCUT2D eigenvalue weighted by molar-refractivity contribution is 0.0936. The quantitative estimate of drug-likeness (QED) is 0.680. The molecule has 5 nitrogen and oxygen atoms in total. The van der Waals surface area contributed by atoms with Crippen molar-refractivity contribution in [1.82, 2.24) is 10.3 Å². The van der Waals surface area contributed by atoms with Crippen molar-refractivity contribution < 1.29 is 9.59 Å².